The number of hydrogen-bond donors (Lipinski definition) is 1. The van der Waals surface area contributed by atoms with Crippen LogP contribution in [0.4, 0.5) is 16.2 Å². The molecule has 1 heterocycles. The molecule has 0 spiro atoms. The van der Waals surface area contributed by atoms with E-state index < -0.39 is 0 Å². The molecule has 0 saturated carbocycles. The van der Waals surface area contributed by atoms with Crippen LogP contribution in [0.5, 0.6) is 0 Å². The van der Waals surface area contributed by atoms with Gasteiger partial charge in [-0.2, -0.15) is 0 Å². The molecule has 2 amide bonds. The molecule has 1 aliphatic rings. The van der Waals surface area contributed by atoms with Crippen LogP contribution in [-0.4, -0.2) is 37.1 Å². The molecule has 0 radical (unpaired) electrons. The fourth-order valence-corrected chi connectivity index (χ4v) is 3.17. The molecule has 4 heteroatoms. The highest BCUT2D eigenvalue weighted by molar-refractivity contribution is 5.90. The first-order valence-electron chi connectivity index (χ1n) is 9.04. The van der Waals surface area contributed by atoms with Gasteiger partial charge in [-0.15, -0.1) is 0 Å². The van der Waals surface area contributed by atoms with E-state index in [1.54, 1.807) is 0 Å². The van der Waals surface area contributed by atoms with Gasteiger partial charge in [-0.25, -0.2) is 4.79 Å². The van der Waals surface area contributed by atoms with Crippen LogP contribution in [0, 0.1) is 13.8 Å². The molecular weight excluding hydrogens is 310 g/mol. The van der Waals surface area contributed by atoms with Crippen LogP contribution in [0.15, 0.2) is 42.5 Å². The van der Waals surface area contributed by atoms with Crippen molar-refractivity contribution >= 4 is 17.4 Å². The Bertz CT molecular complexity index is 731. The summed E-state index contributed by atoms with van der Waals surface area (Å²) in [7, 11) is 0. The minimum atomic E-state index is -0.00493. The number of hydrogen-bond acceptors (Lipinski definition) is 2. The van der Waals surface area contributed by atoms with E-state index in [9.17, 15) is 4.79 Å². The Morgan fingerprint density at radius 3 is 2.32 bits per heavy atom. The lowest BCUT2D eigenvalue weighted by Gasteiger charge is -2.36. The number of carbonyl (C=O) groups excluding carboxylic acids is 1. The summed E-state index contributed by atoms with van der Waals surface area (Å²) in [5.74, 6) is 0. The molecule has 2 aromatic carbocycles. The number of benzene rings is 2. The third-order valence-corrected chi connectivity index (χ3v) is 4.91. The van der Waals surface area contributed by atoms with Gasteiger partial charge in [-0.05, 0) is 55.2 Å². The molecule has 0 unspecified atom stereocenters. The summed E-state index contributed by atoms with van der Waals surface area (Å²) in [5, 5.41) is 3.06. The van der Waals surface area contributed by atoms with Gasteiger partial charge in [-0.1, -0.05) is 31.2 Å². The number of aryl methyl sites for hydroxylation is 3. The monoisotopic (exact) mass is 337 g/mol. The molecule has 2 aromatic rings. The van der Waals surface area contributed by atoms with Gasteiger partial charge in [0.15, 0.2) is 0 Å². The van der Waals surface area contributed by atoms with Crippen molar-refractivity contribution in [2.75, 3.05) is 36.4 Å². The van der Waals surface area contributed by atoms with Crippen LogP contribution in [0.1, 0.15) is 23.6 Å². The van der Waals surface area contributed by atoms with Crippen molar-refractivity contribution in [2.45, 2.75) is 27.2 Å². The molecule has 0 aliphatic carbocycles. The maximum Gasteiger partial charge on any atom is 0.321 e. The van der Waals surface area contributed by atoms with Crippen molar-refractivity contribution in [3.63, 3.8) is 0 Å². The number of anilines is 2. The van der Waals surface area contributed by atoms with E-state index in [2.05, 4.69) is 47.5 Å². The number of rotatable bonds is 3. The van der Waals surface area contributed by atoms with Crippen molar-refractivity contribution in [3.8, 4) is 0 Å². The second kappa shape index (κ2) is 7.60. The highest BCUT2D eigenvalue weighted by Gasteiger charge is 2.21. The first kappa shape index (κ1) is 17.3. The van der Waals surface area contributed by atoms with Crippen molar-refractivity contribution in [2.24, 2.45) is 0 Å². The molecular formula is C21H27N3O. The number of urea groups is 1. The Kier molecular flexibility index (Phi) is 5.27. The Morgan fingerprint density at radius 2 is 1.68 bits per heavy atom. The average Bonchev–Trinajstić information content (AvgIpc) is 2.65. The molecule has 1 saturated heterocycles. The van der Waals surface area contributed by atoms with E-state index in [0.717, 1.165) is 49.4 Å². The van der Waals surface area contributed by atoms with Crippen molar-refractivity contribution in [3.05, 3.63) is 59.2 Å². The van der Waals surface area contributed by atoms with Gasteiger partial charge >= 0.3 is 6.03 Å². The van der Waals surface area contributed by atoms with E-state index >= 15 is 0 Å². The van der Waals surface area contributed by atoms with Gasteiger partial charge in [0.25, 0.3) is 0 Å². The largest absolute Gasteiger partial charge is 0.368 e. The van der Waals surface area contributed by atoms with Gasteiger partial charge in [0, 0.05) is 37.6 Å². The Morgan fingerprint density at radius 1 is 1.00 bits per heavy atom. The van der Waals surface area contributed by atoms with Gasteiger partial charge in [0.05, 0.1) is 0 Å². The molecule has 1 fully saturated rings. The van der Waals surface area contributed by atoms with Gasteiger partial charge < -0.3 is 15.1 Å². The second-order valence-electron chi connectivity index (χ2n) is 6.74. The topological polar surface area (TPSA) is 35.6 Å². The number of carbonyl (C=O) groups is 1. The zero-order chi connectivity index (χ0) is 17.8. The highest BCUT2D eigenvalue weighted by atomic mass is 16.2. The van der Waals surface area contributed by atoms with E-state index in [1.807, 2.05) is 30.9 Å². The molecule has 1 aliphatic heterocycles. The maximum atomic E-state index is 12.6. The third kappa shape index (κ3) is 4.13. The fraction of sp³-hybridized carbons (Fsp3) is 0.381. The molecule has 0 bridgehead atoms. The molecule has 1 N–H and O–H groups in total. The van der Waals surface area contributed by atoms with E-state index in [1.165, 1.54) is 11.3 Å². The third-order valence-electron chi connectivity index (χ3n) is 4.91. The molecule has 4 nitrogen and oxygen atoms in total. The van der Waals surface area contributed by atoms with Gasteiger partial charge in [0.2, 0.25) is 0 Å². The van der Waals surface area contributed by atoms with Gasteiger partial charge in [0.1, 0.15) is 0 Å². The van der Waals surface area contributed by atoms with Crippen molar-refractivity contribution in [1.29, 1.82) is 0 Å². The first-order valence-corrected chi connectivity index (χ1v) is 9.04. The summed E-state index contributed by atoms with van der Waals surface area (Å²) < 4.78 is 0. The molecule has 0 aromatic heterocycles. The lowest BCUT2D eigenvalue weighted by atomic mass is 10.1. The Balaban J connectivity index is 1.57. The van der Waals surface area contributed by atoms with Crippen LogP contribution in [0.3, 0.4) is 0 Å². The Hall–Kier alpha value is -2.49. The lowest BCUT2D eigenvalue weighted by molar-refractivity contribution is 0.208. The quantitative estimate of drug-likeness (QED) is 0.910. The standard InChI is InChI=1S/C21H27N3O/c1-4-18-7-9-19(10-8-18)23-11-13-24(14-12-23)21(25)22-20-15-16(2)5-6-17(20)3/h5-10,15H,4,11-14H2,1-3H3,(H,22,25). The van der Waals surface area contributed by atoms with Crippen LogP contribution < -0.4 is 10.2 Å². The average molecular weight is 337 g/mol. The summed E-state index contributed by atoms with van der Waals surface area (Å²) >= 11 is 0. The summed E-state index contributed by atoms with van der Waals surface area (Å²) in [6, 6.07) is 14.9. The SMILES string of the molecule is CCc1ccc(N2CCN(C(=O)Nc3cc(C)ccc3C)CC2)cc1. The molecule has 25 heavy (non-hydrogen) atoms. The smallest absolute Gasteiger partial charge is 0.321 e. The minimum absolute atomic E-state index is 0.00493. The van der Waals surface area contributed by atoms with Crippen LogP contribution in [0.2, 0.25) is 0 Å². The summed E-state index contributed by atoms with van der Waals surface area (Å²) in [6.07, 6.45) is 1.06. The zero-order valence-electron chi connectivity index (χ0n) is 15.4. The van der Waals surface area contributed by atoms with E-state index in [0.29, 0.717) is 0 Å². The first-order chi connectivity index (χ1) is 12.1. The van der Waals surface area contributed by atoms with Crippen LogP contribution >= 0.6 is 0 Å². The van der Waals surface area contributed by atoms with Crippen molar-refractivity contribution in [1.82, 2.24) is 4.90 Å². The normalized spacial score (nSPS) is 14.5. The van der Waals surface area contributed by atoms with Crippen molar-refractivity contribution < 1.29 is 4.79 Å². The number of piperazine rings is 1. The summed E-state index contributed by atoms with van der Waals surface area (Å²) in [6.45, 7) is 9.45. The number of nitrogens with zero attached hydrogens (tertiary/aromatic N) is 2. The van der Waals surface area contributed by atoms with E-state index in [4.69, 9.17) is 0 Å². The zero-order valence-corrected chi connectivity index (χ0v) is 15.4. The molecule has 3 rings (SSSR count). The minimum Gasteiger partial charge on any atom is -0.368 e. The molecule has 0 atom stereocenters. The lowest BCUT2D eigenvalue weighted by Crippen LogP contribution is -2.50. The maximum absolute atomic E-state index is 12.6. The fourth-order valence-electron chi connectivity index (χ4n) is 3.17. The number of amides is 2. The predicted molar refractivity (Wildman–Crippen MR) is 105 cm³/mol. The molecule has 132 valence electrons. The number of nitrogens with one attached hydrogen (secondary N) is 1. The van der Waals surface area contributed by atoms with Crippen LogP contribution in [0.25, 0.3) is 0 Å². The Labute approximate surface area is 150 Å². The van der Waals surface area contributed by atoms with E-state index in [-0.39, 0.29) is 6.03 Å². The van der Waals surface area contributed by atoms with Gasteiger partial charge in [-0.3, -0.25) is 0 Å². The summed E-state index contributed by atoms with van der Waals surface area (Å²) in [5.41, 5.74) is 5.75. The predicted octanol–water partition coefficient (Wildman–Crippen LogP) is 4.22. The highest BCUT2D eigenvalue weighted by Crippen LogP contribution is 2.20. The summed E-state index contributed by atoms with van der Waals surface area (Å²) in [4.78, 5) is 16.8. The van der Waals surface area contributed by atoms with Crippen LogP contribution in [-0.2, 0) is 6.42 Å². The second-order valence-corrected chi connectivity index (χ2v) is 6.74.